The van der Waals surface area contributed by atoms with Gasteiger partial charge in [0.1, 0.15) is 0 Å². The molecule has 2 rings (SSSR count). The molecule has 3 atom stereocenters. The molecule has 0 amide bonds. The highest BCUT2D eigenvalue weighted by molar-refractivity contribution is 5.43. The molecule has 0 heterocycles. The van der Waals surface area contributed by atoms with Gasteiger partial charge >= 0.3 is 0 Å². The maximum absolute atomic E-state index is 5.82. The number of hydrogen-bond acceptors (Lipinski definition) is 4. The van der Waals surface area contributed by atoms with E-state index in [4.69, 9.17) is 15.3 Å². The first-order chi connectivity index (χ1) is 10.2. The van der Waals surface area contributed by atoms with Gasteiger partial charge in [-0.25, -0.2) is 0 Å². The van der Waals surface area contributed by atoms with Crippen molar-refractivity contribution in [3.8, 4) is 11.5 Å². The van der Waals surface area contributed by atoms with Crippen molar-refractivity contribution in [2.45, 2.75) is 45.1 Å². The van der Waals surface area contributed by atoms with Crippen molar-refractivity contribution in [1.82, 2.24) is 5.43 Å². The summed E-state index contributed by atoms with van der Waals surface area (Å²) in [5, 5.41) is 0. The van der Waals surface area contributed by atoms with Crippen LogP contribution in [0.3, 0.4) is 0 Å². The van der Waals surface area contributed by atoms with Gasteiger partial charge in [0.25, 0.3) is 0 Å². The maximum atomic E-state index is 5.82. The Morgan fingerprint density at radius 3 is 2.62 bits per heavy atom. The Morgan fingerprint density at radius 1 is 1.24 bits per heavy atom. The van der Waals surface area contributed by atoms with E-state index in [1.165, 1.54) is 31.2 Å². The molecule has 21 heavy (non-hydrogen) atoms. The molecule has 4 nitrogen and oxygen atoms in total. The topological polar surface area (TPSA) is 56.5 Å². The second kappa shape index (κ2) is 7.66. The minimum Gasteiger partial charge on any atom is -0.493 e. The molecule has 0 aliphatic heterocycles. The average Bonchev–Trinajstić information content (AvgIpc) is 2.52. The summed E-state index contributed by atoms with van der Waals surface area (Å²) in [6.45, 7) is 2.34. The standard InChI is InChI=1S/C17H28N2O2/c1-12-5-4-6-14(9-12)15(19-18)10-13-7-8-16(20-2)17(11-13)21-3/h7-8,11-12,14-15,19H,4-6,9-10,18H2,1-3H3. The Hall–Kier alpha value is -1.26. The minimum atomic E-state index is 0.325. The SMILES string of the molecule is COc1ccc(CC(NN)C2CCCC(C)C2)cc1OC. The van der Waals surface area contributed by atoms with Crippen LogP contribution in [0.5, 0.6) is 11.5 Å². The van der Waals surface area contributed by atoms with Crippen LogP contribution in [-0.4, -0.2) is 20.3 Å². The zero-order valence-corrected chi connectivity index (χ0v) is 13.4. The number of nitrogens with two attached hydrogens (primary N) is 1. The Bertz CT molecular complexity index is 450. The Balaban J connectivity index is 2.07. The molecule has 3 unspecified atom stereocenters. The van der Waals surface area contributed by atoms with Crippen molar-refractivity contribution in [1.29, 1.82) is 0 Å². The first-order valence-corrected chi connectivity index (χ1v) is 7.85. The summed E-state index contributed by atoms with van der Waals surface area (Å²) >= 11 is 0. The van der Waals surface area contributed by atoms with E-state index in [0.717, 1.165) is 23.8 Å². The van der Waals surface area contributed by atoms with E-state index in [9.17, 15) is 0 Å². The lowest BCUT2D eigenvalue weighted by molar-refractivity contribution is 0.222. The fourth-order valence-electron chi connectivity index (χ4n) is 3.47. The van der Waals surface area contributed by atoms with Gasteiger partial charge in [-0.2, -0.15) is 0 Å². The molecular weight excluding hydrogens is 264 g/mol. The molecule has 1 aromatic rings. The van der Waals surface area contributed by atoms with E-state index >= 15 is 0 Å². The van der Waals surface area contributed by atoms with Crippen molar-refractivity contribution in [3.63, 3.8) is 0 Å². The maximum Gasteiger partial charge on any atom is 0.160 e. The fraction of sp³-hybridized carbons (Fsp3) is 0.647. The molecule has 1 fully saturated rings. The fourth-order valence-corrected chi connectivity index (χ4v) is 3.47. The smallest absolute Gasteiger partial charge is 0.160 e. The van der Waals surface area contributed by atoms with Crippen molar-refractivity contribution in [3.05, 3.63) is 23.8 Å². The Kier molecular flexibility index (Phi) is 5.88. The largest absolute Gasteiger partial charge is 0.493 e. The van der Waals surface area contributed by atoms with E-state index in [-0.39, 0.29) is 0 Å². The van der Waals surface area contributed by atoms with Gasteiger partial charge in [0.2, 0.25) is 0 Å². The minimum absolute atomic E-state index is 0.325. The van der Waals surface area contributed by atoms with E-state index in [1.54, 1.807) is 14.2 Å². The molecule has 0 saturated heterocycles. The molecule has 1 aromatic carbocycles. The first-order valence-electron chi connectivity index (χ1n) is 7.85. The lowest BCUT2D eigenvalue weighted by atomic mass is 9.77. The average molecular weight is 292 g/mol. The second-order valence-corrected chi connectivity index (χ2v) is 6.20. The van der Waals surface area contributed by atoms with Crippen LogP contribution < -0.4 is 20.7 Å². The van der Waals surface area contributed by atoms with Crippen molar-refractivity contribution in [2.24, 2.45) is 17.7 Å². The van der Waals surface area contributed by atoms with Crippen LogP contribution in [0.25, 0.3) is 0 Å². The monoisotopic (exact) mass is 292 g/mol. The summed E-state index contributed by atoms with van der Waals surface area (Å²) in [5.41, 5.74) is 4.27. The van der Waals surface area contributed by atoms with Crippen LogP contribution in [0.1, 0.15) is 38.2 Å². The summed E-state index contributed by atoms with van der Waals surface area (Å²) < 4.78 is 10.7. The number of methoxy groups -OCH3 is 2. The van der Waals surface area contributed by atoms with Crippen LogP contribution in [-0.2, 0) is 6.42 Å². The summed E-state index contributed by atoms with van der Waals surface area (Å²) in [6, 6.07) is 6.43. The van der Waals surface area contributed by atoms with Crippen LogP contribution in [0, 0.1) is 11.8 Å². The molecule has 0 spiro atoms. The predicted octanol–water partition coefficient (Wildman–Crippen LogP) is 2.90. The van der Waals surface area contributed by atoms with Gasteiger partial charge in [-0.15, -0.1) is 0 Å². The molecular formula is C17H28N2O2. The highest BCUT2D eigenvalue weighted by atomic mass is 16.5. The lowest BCUT2D eigenvalue weighted by Crippen LogP contribution is -2.43. The summed E-state index contributed by atoms with van der Waals surface area (Å²) in [5.74, 6) is 8.84. The third-order valence-corrected chi connectivity index (χ3v) is 4.66. The van der Waals surface area contributed by atoms with Crippen LogP contribution >= 0.6 is 0 Å². The third kappa shape index (κ3) is 4.11. The number of hydrogen-bond donors (Lipinski definition) is 2. The quantitative estimate of drug-likeness (QED) is 0.625. The normalized spacial score (nSPS) is 23.6. The number of ether oxygens (including phenoxy) is 2. The lowest BCUT2D eigenvalue weighted by Gasteiger charge is -2.33. The Labute approximate surface area is 128 Å². The molecule has 1 aliphatic rings. The van der Waals surface area contributed by atoms with Crippen molar-refractivity contribution in [2.75, 3.05) is 14.2 Å². The summed E-state index contributed by atoms with van der Waals surface area (Å²) in [6.07, 6.45) is 6.13. The first kappa shape index (κ1) is 16.1. The van der Waals surface area contributed by atoms with Crippen molar-refractivity contribution < 1.29 is 9.47 Å². The van der Waals surface area contributed by atoms with Crippen molar-refractivity contribution >= 4 is 0 Å². The van der Waals surface area contributed by atoms with Crippen LogP contribution in [0.4, 0.5) is 0 Å². The number of benzene rings is 1. The van der Waals surface area contributed by atoms with E-state index < -0.39 is 0 Å². The van der Waals surface area contributed by atoms with Gasteiger partial charge < -0.3 is 9.47 Å². The molecule has 1 aliphatic carbocycles. The highest BCUT2D eigenvalue weighted by Crippen LogP contribution is 2.33. The molecule has 1 saturated carbocycles. The number of rotatable bonds is 6. The van der Waals surface area contributed by atoms with Gasteiger partial charge in [0.05, 0.1) is 14.2 Å². The number of hydrazine groups is 1. The molecule has 0 bridgehead atoms. The van der Waals surface area contributed by atoms with Crippen LogP contribution in [0.15, 0.2) is 18.2 Å². The van der Waals surface area contributed by atoms with Gasteiger partial charge in [-0.1, -0.05) is 25.8 Å². The van der Waals surface area contributed by atoms with E-state index in [2.05, 4.69) is 24.5 Å². The zero-order chi connectivity index (χ0) is 15.2. The summed E-state index contributed by atoms with van der Waals surface area (Å²) in [7, 11) is 3.33. The van der Waals surface area contributed by atoms with Gasteiger partial charge in [0.15, 0.2) is 11.5 Å². The molecule has 4 heteroatoms. The van der Waals surface area contributed by atoms with Gasteiger partial charge in [0, 0.05) is 6.04 Å². The molecule has 0 radical (unpaired) electrons. The predicted molar refractivity (Wildman–Crippen MR) is 85.5 cm³/mol. The van der Waals surface area contributed by atoms with Gasteiger partial charge in [-0.05, 0) is 48.8 Å². The molecule has 0 aromatic heterocycles. The molecule has 3 N–H and O–H groups in total. The molecule has 118 valence electrons. The van der Waals surface area contributed by atoms with E-state index in [1.807, 2.05) is 6.07 Å². The highest BCUT2D eigenvalue weighted by Gasteiger charge is 2.26. The number of nitrogens with one attached hydrogen (secondary N) is 1. The van der Waals surface area contributed by atoms with Gasteiger partial charge in [-0.3, -0.25) is 11.3 Å². The van der Waals surface area contributed by atoms with Crippen LogP contribution in [0.2, 0.25) is 0 Å². The Morgan fingerprint density at radius 2 is 2.00 bits per heavy atom. The summed E-state index contributed by atoms with van der Waals surface area (Å²) in [4.78, 5) is 0. The third-order valence-electron chi connectivity index (χ3n) is 4.66. The van der Waals surface area contributed by atoms with E-state index in [0.29, 0.717) is 12.0 Å². The zero-order valence-electron chi connectivity index (χ0n) is 13.4. The second-order valence-electron chi connectivity index (χ2n) is 6.20.